The highest BCUT2D eigenvalue weighted by Crippen LogP contribution is 2.33. The van der Waals surface area contributed by atoms with Crippen LogP contribution >= 0.6 is 0 Å². The number of hydrogen-bond acceptors (Lipinski definition) is 8. The molecule has 3 aromatic rings. The number of ketones is 2. The minimum atomic E-state index is -0.583. The number of Topliss-reactive ketones (excluding diaryl/α,β-unsaturated/α-hetero) is 2. The first kappa shape index (κ1) is 25.7. The van der Waals surface area contributed by atoms with Gasteiger partial charge in [0.05, 0.1) is 0 Å². The van der Waals surface area contributed by atoms with Gasteiger partial charge in [0.1, 0.15) is 17.3 Å². The molecule has 1 heterocycles. The quantitative estimate of drug-likeness (QED) is 0.339. The van der Waals surface area contributed by atoms with Crippen molar-refractivity contribution >= 4 is 11.6 Å². The minimum absolute atomic E-state index is 0.0274. The van der Waals surface area contributed by atoms with Crippen molar-refractivity contribution in [3.8, 4) is 17.1 Å². The van der Waals surface area contributed by atoms with Crippen LogP contribution in [0.2, 0.25) is 0 Å². The second kappa shape index (κ2) is 11.5. The van der Waals surface area contributed by atoms with Gasteiger partial charge in [-0.3, -0.25) is 9.59 Å². The summed E-state index contributed by atoms with van der Waals surface area (Å²) < 4.78 is 26.1. The lowest BCUT2D eigenvalue weighted by molar-refractivity contribution is -0.120. The fraction of sp³-hybridized carbons (Fsp3) is 0.407. The second-order valence-electron chi connectivity index (χ2n) is 9.09. The van der Waals surface area contributed by atoms with Gasteiger partial charge in [-0.25, -0.2) is 4.39 Å². The standard InChI is InChI=1S/C27H29FN2O6/c1-2-24(35-22-9-7-18(8-10-22)25(34)17-3-4-17)27-29-26(30-36-27)20-6-5-19(23(28)13-20)12-21(33)11-16(14-31)15-32/h5-10,13,16-17,24,31-32H,2-4,11-12,14-15H2,1H3/t24-/m1/s1. The lowest BCUT2D eigenvalue weighted by atomic mass is 9.98. The summed E-state index contributed by atoms with van der Waals surface area (Å²) in [6.45, 7) is 1.29. The van der Waals surface area contributed by atoms with E-state index in [1.807, 2.05) is 6.92 Å². The number of hydrogen-bond donors (Lipinski definition) is 2. The molecular weight excluding hydrogens is 467 g/mol. The van der Waals surface area contributed by atoms with E-state index in [0.717, 1.165) is 12.8 Å². The maximum atomic E-state index is 14.7. The van der Waals surface area contributed by atoms with Crippen LogP contribution in [0.1, 0.15) is 60.5 Å². The first-order chi connectivity index (χ1) is 17.4. The number of nitrogens with zero attached hydrogens (tertiary/aromatic N) is 2. The Labute approximate surface area is 208 Å². The number of carbonyl (C=O) groups excluding carboxylic acids is 2. The van der Waals surface area contributed by atoms with Crippen molar-refractivity contribution in [2.75, 3.05) is 13.2 Å². The van der Waals surface area contributed by atoms with Crippen molar-refractivity contribution in [3.05, 3.63) is 65.3 Å². The average Bonchev–Trinajstić information content (AvgIpc) is 3.63. The zero-order valence-electron chi connectivity index (χ0n) is 20.0. The van der Waals surface area contributed by atoms with Crippen LogP contribution in [0, 0.1) is 17.7 Å². The maximum absolute atomic E-state index is 14.7. The van der Waals surface area contributed by atoms with E-state index >= 15 is 0 Å². The fourth-order valence-corrected chi connectivity index (χ4v) is 3.86. The average molecular weight is 497 g/mol. The van der Waals surface area contributed by atoms with Gasteiger partial charge >= 0.3 is 0 Å². The Bertz CT molecular complexity index is 1200. The summed E-state index contributed by atoms with van der Waals surface area (Å²) in [7, 11) is 0. The number of aliphatic hydroxyl groups excluding tert-OH is 2. The van der Waals surface area contributed by atoms with E-state index in [0.29, 0.717) is 23.3 Å². The number of rotatable bonds is 13. The van der Waals surface area contributed by atoms with Crippen LogP contribution in [0.3, 0.4) is 0 Å². The molecule has 1 saturated carbocycles. The second-order valence-corrected chi connectivity index (χ2v) is 9.09. The number of aliphatic hydroxyl groups is 2. The van der Waals surface area contributed by atoms with Gasteiger partial charge in [0.25, 0.3) is 5.89 Å². The summed E-state index contributed by atoms with van der Waals surface area (Å²) >= 11 is 0. The summed E-state index contributed by atoms with van der Waals surface area (Å²) in [6, 6.07) is 11.3. The molecule has 0 amide bonds. The Kier molecular flexibility index (Phi) is 8.22. The van der Waals surface area contributed by atoms with Crippen LogP contribution in [-0.2, 0) is 11.2 Å². The third kappa shape index (κ3) is 6.22. The molecule has 1 aliphatic rings. The van der Waals surface area contributed by atoms with E-state index < -0.39 is 17.8 Å². The normalized spacial score (nSPS) is 14.1. The highest BCUT2D eigenvalue weighted by atomic mass is 19.1. The van der Waals surface area contributed by atoms with E-state index in [9.17, 15) is 14.0 Å². The molecule has 0 aliphatic heterocycles. The molecule has 1 atom stereocenters. The van der Waals surface area contributed by atoms with Gasteiger partial charge in [-0.05, 0) is 55.2 Å². The van der Waals surface area contributed by atoms with E-state index in [4.69, 9.17) is 19.5 Å². The Hall–Kier alpha value is -3.43. The lowest BCUT2D eigenvalue weighted by Gasteiger charge is -2.13. The van der Waals surface area contributed by atoms with Gasteiger partial charge < -0.3 is 19.5 Å². The molecule has 2 aromatic carbocycles. The van der Waals surface area contributed by atoms with Gasteiger partial charge in [0, 0.05) is 49.0 Å². The zero-order chi connectivity index (χ0) is 25.7. The first-order valence-electron chi connectivity index (χ1n) is 12.1. The van der Waals surface area contributed by atoms with E-state index in [2.05, 4.69) is 10.1 Å². The van der Waals surface area contributed by atoms with Gasteiger partial charge in [-0.2, -0.15) is 4.98 Å². The molecule has 0 radical (unpaired) electrons. The molecule has 2 N–H and O–H groups in total. The van der Waals surface area contributed by atoms with Gasteiger partial charge in [-0.15, -0.1) is 0 Å². The molecule has 1 aliphatic carbocycles. The molecule has 8 nitrogen and oxygen atoms in total. The van der Waals surface area contributed by atoms with E-state index in [1.165, 1.54) is 12.1 Å². The minimum Gasteiger partial charge on any atom is -0.481 e. The van der Waals surface area contributed by atoms with Crippen molar-refractivity contribution in [1.82, 2.24) is 10.1 Å². The monoisotopic (exact) mass is 496 g/mol. The van der Waals surface area contributed by atoms with Gasteiger partial charge in [0.2, 0.25) is 5.82 Å². The highest BCUT2D eigenvalue weighted by molar-refractivity contribution is 5.99. The van der Waals surface area contributed by atoms with Crippen molar-refractivity contribution in [2.24, 2.45) is 11.8 Å². The molecule has 36 heavy (non-hydrogen) atoms. The summed E-state index contributed by atoms with van der Waals surface area (Å²) in [5, 5.41) is 22.2. The Balaban J connectivity index is 1.41. The molecule has 4 rings (SSSR count). The third-order valence-electron chi connectivity index (χ3n) is 6.18. The molecule has 1 fully saturated rings. The van der Waals surface area contributed by atoms with Crippen LogP contribution in [0.5, 0.6) is 5.75 Å². The summed E-state index contributed by atoms with van der Waals surface area (Å²) in [5.74, 6) is -0.0869. The predicted octanol–water partition coefficient (Wildman–Crippen LogP) is 4.10. The van der Waals surface area contributed by atoms with Crippen molar-refractivity contribution < 1.29 is 33.5 Å². The molecule has 0 spiro atoms. The van der Waals surface area contributed by atoms with Gasteiger partial charge in [0.15, 0.2) is 11.9 Å². The lowest BCUT2D eigenvalue weighted by Crippen LogP contribution is -2.17. The first-order valence-corrected chi connectivity index (χ1v) is 12.1. The predicted molar refractivity (Wildman–Crippen MR) is 128 cm³/mol. The Morgan fingerprint density at radius 2 is 1.86 bits per heavy atom. The SMILES string of the molecule is CC[C@@H](Oc1ccc(C(=O)C2CC2)cc1)c1nc(-c2ccc(CC(=O)CC(CO)CO)c(F)c2)no1. The van der Waals surface area contributed by atoms with Crippen molar-refractivity contribution in [2.45, 2.75) is 45.1 Å². The van der Waals surface area contributed by atoms with Crippen LogP contribution in [0.4, 0.5) is 4.39 Å². The van der Waals surface area contributed by atoms with E-state index in [-0.39, 0.29) is 60.8 Å². The summed E-state index contributed by atoms with van der Waals surface area (Å²) in [4.78, 5) is 28.7. The largest absolute Gasteiger partial charge is 0.481 e. The number of benzene rings is 2. The van der Waals surface area contributed by atoms with Crippen LogP contribution < -0.4 is 4.74 Å². The topological polar surface area (TPSA) is 123 Å². The smallest absolute Gasteiger partial charge is 0.268 e. The number of ether oxygens (including phenoxy) is 1. The number of carbonyl (C=O) groups is 2. The van der Waals surface area contributed by atoms with Crippen molar-refractivity contribution in [3.63, 3.8) is 0 Å². The zero-order valence-corrected chi connectivity index (χ0v) is 20.0. The molecular formula is C27H29FN2O6. The van der Waals surface area contributed by atoms with Crippen molar-refractivity contribution in [1.29, 1.82) is 0 Å². The summed E-state index contributed by atoms with van der Waals surface area (Å²) in [6.07, 6.45) is 1.76. The molecule has 190 valence electrons. The summed E-state index contributed by atoms with van der Waals surface area (Å²) in [5.41, 5.74) is 1.27. The molecule has 0 bridgehead atoms. The Morgan fingerprint density at radius 3 is 2.47 bits per heavy atom. The Morgan fingerprint density at radius 1 is 1.14 bits per heavy atom. The molecule has 9 heteroatoms. The van der Waals surface area contributed by atoms with Crippen LogP contribution in [0.25, 0.3) is 11.4 Å². The number of halogens is 1. The van der Waals surface area contributed by atoms with Gasteiger partial charge in [-0.1, -0.05) is 24.2 Å². The molecule has 0 unspecified atom stereocenters. The highest BCUT2D eigenvalue weighted by Gasteiger charge is 2.30. The van der Waals surface area contributed by atoms with Crippen LogP contribution in [-0.4, -0.2) is 45.1 Å². The molecule has 1 aromatic heterocycles. The molecule has 0 saturated heterocycles. The number of aromatic nitrogens is 2. The van der Waals surface area contributed by atoms with Crippen LogP contribution in [0.15, 0.2) is 47.0 Å². The maximum Gasteiger partial charge on any atom is 0.268 e. The fourth-order valence-electron chi connectivity index (χ4n) is 3.86. The third-order valence-corrected chi connectivity index (χ3v) is 6.18. The van der Waals surface area contributed by atoms with E-state index in [1.54, 1.807) is 30.3 Å².